The van der Waals surface area contributed by atoms with E-state index in [1.165, 1.54) is 12.1 Å². The van der Waals surface area contributed by atoms with Crippen LogP contribution in [0.1, 0.15) is 43.7 Å². The molecule has 31 heavy (non-hydrogen) atoms. The van der Waals surface area contributed by atoms with Gasteiger partial charge in [0.05, 0.1) is 15.9 Å². The summed E-state index contributed by atoms with van der Waals surface area (Å²) in [4.78, 5) is 9.63. The van der Waals surface area contributed by atoms with Gasteiger partial charge >= 0.3 is 0 Å². The van der Waals surface area contributed by atoms with Gasteiger partial charge in [-0.25, -0.2) is 18.4 Å². The number of nitrogens with zero attached hydrogens (tertiary/aromatic N) is 4. The maximum absolute atomic E-state index is 13.1. The molecule has 1 aliphatic rings. The van der Waals surface area contributed by atoms with Crippen molar-refractivity contribution in [1.82, 2.24) is 14.5 Å². The zero-order valence-corrected chi connectivity index (χ0v) is 17.6. The van der Waals surface area contributed by atoms with Crippen molar-refractivity contribution in [2.75, 3.05) is 4.72 Å². The van der Waals surface area contributed by atoms with Crippen molar-refractivity contribution in [1.29, 1.82) is 5.26 Å². The second kappa shape index (κ2) is 7.67. The fourth-order valence-corrected chi connectivity index (χ4v) is 5.44. The van der Waals surface area contributed by atoms with E-state index in [-0.39, 0.29) is 22.3 Å². The highest BCUT2D eigenvalue weighted by Crippen LogP contribution is 2.38. The van der Waals surface area contributed by atoms with E-state index < -0.39 is 10.0 Å². The Morgan fingerprint density at radius 2 is 1.58 bits per heavy atom. The van der Waals surface area contributed by atoms with Gasteiger partial charge in [-0.1, -0.05) is 49.6 Å². The number of fused-ring (bicyclic) bond motifs is 2. The molecule has 0 atom stereocenters. The lowest BCUT2D eigenvalue weighted by atomic mass is 9.95. The van der Waals surface area contributed by atoms with Gasteiger partial charge in [0, 0.05) is 6.04 Å². The summed E-state index contributed by atoms with van der Waals surface area (Å²) in [5.41, 5.74) is 2.57. The Bertz CT molecular complexity index is 1420. The van der Waals surface area contributed by atoms with Gasteiger partial charge in [-0.15, -0.1) is 0 Å². The molecule has 2 aromatic heterocycles. The van der Waals surface area contributed by atoms with E-state index in [0.29, 0.717) is 22.2 Å². The Kier molecular flexibility index (Phi) is 4.83. The molecule has 0 radical (unpaired) electrons. The highest BCUT2D eigenvalue weighted by Gasteiger charge is 2.29. The number of para-hydroxylation sites is 2. The highest BCUT2D eigenvalue weighted by molar-refractivity contribution is 7.92. The second-order valence-corrected chi connectivity index (χ2v) is 9.48. The minimum Gasteiger partial charge on any atom is -0.306 e. The van der Waals surface area contributed by atoms with Gasteiger partial charge in [0.2, 0.25) is 0 Å². The number of anilines is 1. The number of sulfonamides is 1. The molecule has 8 heteroatoms. The van der Waals surface area contributed by atoms with Crippen LogP contribution in [0.15, 0.2) is 59.5 Å². The van der Waals surface area contributed by atoms with E-state index in [4.69, 9.17) is 4.98 Å². The van der Waals surface area contributed by atoms with Gasteiger partial charge in [-0.2, -0.15) is 5.26 Å². The molecule has 0 bridgehead atoms. The maximum Gasteiger partial charge on any atom is 0.263 e. The molecule has 2 heterocycles. The van der Waals surface area contributed by atoms with Gasteiger partial charge in [0.15, 0.2) is 5.65 Å². The van der Waals surface area contributed by atoms with E-state index in [1.807, 2.05) is 28.8 Å². The number of rotatable bonds is 4. The number of benzene rings is 2. The number of hydrogen-bond acceptors (Lipinski definition) is 5. The van der Waals surface area contributed by atoms with Gasteiger partial charge in [0.1, 0.15) is 23.0 Å². The molecule has 1 fully saturated rings. The largest absolute Gasteiger partial charge is 0.306 e. The Balaban J connectivity index is 1.77. The van der Waals surface area contributed by atoms with E-state index in [9.17, 15) is 13.7 Å². The van der Waals surface area contributed by atoms with Gasteiger partial charge in [-0.3, -0.25) is 4.72 Å². The van der Waals surface area contributed by atoms with Crippen LogP contribution in [0.2, 0.25) is 0 Å². The summed E-state index contributed by atoms with van der Waals surface area (Å²) in [7, 11) is -3.88. The summed E-state index contributed by atoms with van der Waals surface area (Å²) < 4.78 is 30.9. The molecule has 0 aliphatic heterocycles. The summed E-state index contributed by atoms with van der Waals surface area (Å²) >= 11 is 0. The third-order valence-corrected chi connectivity index (χ3v) is 7.19. The van der Waals surface area contributed by atoms with Crippen LogP contribution in [0, 0.1) is 11.3 Å². The van der Waals surface area contributed by atoms with Crippen molar-refractivity contribution in [2.24, 2.45) is 0 Å². The number of nitrogens with one attached hydrogen (secondary N) is 1. The Morgan fingerprint density at radius 1 is 0.935 bits per heavy atom. The molecule has 0 amide bonds. The first kappa shape index (κ1) is 19.5. The third kappa shape index (κ3) is 3.41. The predicted molar refractivity (Wildman–Crippen MR) is 119 cm³/mol. The average molecular weight is 432 g/mol. The first-order chi connectivity index (χ1) is 15.1. The molecule has 7 nitrogen and oxygen atoms in total. The number of nitriles is 1. The van der Waals surface area contributed by atoms with Crippen molar-refractivity contribution in [3.05, 3.63) is 60.2 Å². The van der Waals surface area contributed by atoms with E-state index in [0.717, 1.165) is 32.1 Å². The molecule has 4 aromatic rings. The van der Waals surface area contributed by atoms with Crippen LogP contribution in [0.4, 0.5) is 5.82 Å². The van der Waals surface area contributed by atoms with Crippen LogP contribution in [-0.2, 0) is 10.0 Å². The lowest BCUT2D eigenvalue weighted by molar-refractivity contribution is 0.362. The fourth-order valence-electron chi connectivity index (χ4n) is 4.35. The van der Waals surface area contributed by atoms with Crippen LogP contribution in [-0.4, -0.2) is 23.0 Å². The van der Waals surface area contributed by atoms with Crippen molar-refractivity contribution >= 4 is 38.0 Å². The Hall–Kier alpha value is -3.44. The zero-order valence-electron chi connectivity index (χ0n) is 16.8. The quantitative estimate of drug-likeness (QED) is 0.502. The minimum absolute atomic E-state index is 0.0577. The molecule has 0 saturated heterocycles. The maximum atomic E-state index is 13.1. The van der Waals surface area contributed by atoms with Crippen LogP contribution in [0.25, 0.3) is 22.2 Å². The number of hydrogen-bond donors (Lipinski definition) is 1. The summed E-state index contributed by atoms with van der Waals surface area (Å²) in [6.07, 6.45) is 5.07. The molecule has 1 aliphatic carbocycles. The van der Waals surface area contributed by atoms with Crippen LogP contribution >= 0.6 is 0 Å². The molecular weight excluding hydrogens is 410 g/mol. The van der Waals surface area contributed by atoms with Gasteiger partial charge in [0.25, 0.3) is 10.0 Å². The summed E-state index contributed by atoms with van der Waals surface area (Å²) in [5, 5.41) is 10.0. The Morgan fingerprint density at radius 3 is 2.26 bits per heavy atom. The summed E-state index contributed by atoms with van der Waals surface area (Å²) in [6.45, 7) is 0. The molecule has 156 valence electrons. The highest BCUT2D eigenvalue weighted by atomic mass is 32.2. The number of aromatic nitrogens is 3. The SMILES string of the molecule is N#Cc1c(NS(=O)(=O)c2ccccc2)n(C2CCCCC2)c2nc3ccccc3nc12. The molecular formula is C23H21N5O2S. The van der Waals surface area contributed by atoms with Crippen LogP contribution in [0.5, 0.6) is 0 Å². The molecule has 0 unspecified atom stereocenters. The average Bonchev–Trinajstić information content (AvgIpc) is 3.09. The fraction of sp³-hybridized carbons (Fsp3) is 0.261. The third-order valence-electron chi connectivity index (χ3n) is 5.83. The molecule has 5 rings (SSSR count). The molecule has 1 N–H and O–H groups in total. The molecule has 1 saturated carbocycles. The Labute approximate surface area is 180 Å². The van der Waals surface area contributed by atoms with Crippen molar-refractivity contribution in [3.8, 4) is 6.07 Å². The van der Waals surface area contributed by atoms with Crippen molar-refractivity contribution < 1.29 is 8.42 Å². The second-order valence-electron chi connectivity index (χ2n) is 7.80. The van der Waals surface area contributed by atoms with Crippen LogP contribution < -0.4 is 4.72 Å². The van der Waals surface area contributed by atoms with E-state index in [2.05, 4.69) is 15.8 Å². The van der Waals surface area contributed by atoms with E-state index >= 15 is 0 Å². The lowest BCUT2D eigenvalue weighted by Gasteiger charge is -2.26. The minimum atomic E-state index is -3.88. The van der Waals surface area contributed by atoms with Crippen molar-refractivity contribution in [2.45, 2.75) is 43.0 Å². The molecule has 2 aromatic carbocycles. The first-order valence-corrected chi connectivity index (χ1v) is 11.9. The monoisotopic (exact) mass is 431 g/mol. The van der Waals surface area contributed by atoms with Gasteiger partial charge in [-0.05, 0) is 37.1 Å². The smallest absolute Gasteiger partial charge is 0.263 e. The summed E-state index contributed by atoms with van der Waals surface area (Å²) in [5.74, 6) is 0.253. The first-order valence-electron chi connectivity index (χ1n) is 10.4. The van der Waals surface area contributed by atoms with E-state index in [1.54, 1.807) is 18.2 Å². The lowest BCUT2D eigenvalue weighted by Crippen LogP contribution is -2.20. The topological polar surface area (TPSA) is 101 Å². The van der Waals surface area contributed by atoms with Crippen LogP contribution in [0.3, 0.4) is 0 Å². The predicted octanol–water partition coefficient (Wildman–Crippen LogP) is 4.76. The zero-order chi connectivity index (χ0) is 21.4. The summed E-state index contributed by atoms with van der Waals surface area (Å²) in [6, 6.07) is 17.9. The normalized spacial score (nSPS) is 15.2. The van der Waals surface area contributed by atoms with Gasteiger partial charge < -0.3 is 4.57 Å². The molecule has 0 spiro atoms. The van der Waals surface area contributed by atoms with Crippen molar-refractivity contribution in [3.63, 3.8) is 0 Å². The standard InChI is InChI=1S/C23H21N5O2S/c24-15-18-21-23(26-20-14-8-7-13-19(20)25-21)28(16-9-3-1-4-10-16)22(18)27-31(29,30)17-11-5-2-6-12-17/h2,5-8,11-14,16,27H,1,3-4,9-10H2.